The molecule has 2 aromatic heterocycles. The molecule has 0 saturated heterocycles. The Morgan fingerprint density at radius 2 is 1.80 bits per heavy atom. The van der Waals surface area contributed by atoms with Gasteiger partial charge in [0.2, 0.25) is 0 Å². The Hall–Kier alpha value is -1.58. The number of halogens is 2. The predicted molar refractivity (Wildman–Crippen MR) is 127 cm³/mol. The summed E-state index contributed by atoms with van der Waals surface area (Å²) in [6.45, 7) is 8.52. The maximum Gasteiger partial charge on any atom is 0.270 e. The normalized spacial score (nSPS) is 12.8. The SMILES string of the molecule is CCN(CC)CCN(C(=O)c1ccc(Cl)s1)c1nc2cc3c(cc2s1)OCCO3.Cl. The first kappa shape index (κ1) is 23.1. The van der Waals surface area contributed by atoms with Crippen molar-refractivity contribution in [1.29, 1.82) is 0 Å². The van der Waals surface area contributed by atoms with Gasteiger partial charge in [0, 0.05) is 25.2 Å². The Morgan fingerprint density at radius 3 is 2.43 bits per heavy atom. The van der Waals surface area contributed by atoms with E-state index < -0.39 is 0 Å². The second-order valence-electron chi connectivity index (χ2n) is 6.55. The smallest absolute Gasteiger partial charge is 0.270 e. The first-order valence-corrected chi connectivity index (χ1v) is 11.6. The molecule has 30 heavy (non-hydrogen) atoms. The third-order valence-electron chi connectivity index (χ3n) is 4.84. The fraction of sp³-hybridized carbons (Fsp3) is 0.400. The molecule has 0 saturated carbocycles. The van der Waals surface area contributed by atoms with Gasteiger partial charge < -0.3 is 14.4 Å². The second-order valence-corrected chi connectivity index (χ2v) is 9.27. The average Bonchev–Trinajstić information content (AvgIpc) is 3.34. The third-order valence-corrected chi connectivity index (χ3v) is 7.10. The number of thiazole rings is 1. The molecule has 4 rings (SSSR count). The highest BCUT2D eigenvalue weighted by molar-refractivity contribution is 7.22. The zero-order valence-electron chi connectivity index (χ0n) is 16.7. The highest BCUT2D eigenvalue weighted by atomic mass is 35.5. The largest absolute Gasteiger partial charge is 0.486 e. The van der Waals surface area contributed by atoms with E-state index in [2.05, 4.69) is 18.7 Å². The summed E-state index contributed by atoms with van der Waals surface area (Å²) in [6, 6.07) is 7.36. The topological polar surface area (TPSA) is 54.9 Å². The number of ether oxygens (including phenoxy) is 2. The molecule has 1 aliphatic heterocycles. The summed E-state index contributed by atoms with van der Waals surface area (Å²) in [7, 11) is 0. The lowest BCUT2D eigenvalue weighted by atomic mass is 10.3. The molecule has 1 amide bonds. The van der Waals surface area contributed by atoms with E-state index in [4.69, 9.17) is 26.1 Å². The van der Waals surface area contributed by atoms with Crippen LogP contribution in [0.25, 0.3) is 10.2 Å². The van der Waals surface area contributed by atoms with Gasteiger partial charge in [0.15, 0.2) is 16.6 Å². The van der Waals surface area contributed by atoms with Gasteiger partial charge >= 0.3 is 0 Å². The monoisotopic (exact) mass is 487 g/mol. The molecule has 0 N–H and O–H groups in total. The van der Waals surface area contributed by atoms with Gasteiger partial charge in [0.25, 0.3) is 5.91 Å². The molecular formula is C20H23Cl2N3O3S2. The summed E-state index contributed by atoms with van der Waals surface area (Å²) >= 11 is 8.84. The quantitative estimate of drug-likeness (QED) is 0.458. The van der Waals surface area contributed by atoms with E-state index in [0.717, 1.165) is 35.6 Å². The van der Waals surface area contributed by atoms with Gasteiger partial charge in [-0.1, -0.05) is 36.8 Å². The summed E-state index contributed by atoms with van der Waals surface area (Å²) in [5.41, 5.74) is 0.805. The molecule has 1 aromatic carbocycles. The van der Waals surface area contributed by atoms with Crippen molar-refractivity contribution in [1.82, 2.24) is 9.88 Å². The number of hydrogen-bond acceptors (Lipinski definition) is 7. The van der Waals surface area contributed by atoms with Crippen molar-refractivity contribution in [2.45, 2.75) is 13.8 Å². The number of aromatic nitrogens is 1. The van der Waals surface area contributed by atoms with Gasteiger partial charge in [-0.3, -0.25) is 9.69 Å². The van der Waals surface area contributed by atoms with Gasteiger partial charge in [-0.25, -0.2) is 4.98 Å². The van der Waals surface area contributed by atoms with Gasteiger partial charge in [-0.2, -0.15) is 0 Å². The van der Waals surface area contributed by atoms with Crippen molar-refractivity contribution in [2.24, 2.45) is 0 Å². The lowest BCUT2D eigenvalue weighted by Gasteiger charge is -2.24. The molecule has 0 spiro atoms. The van der Waals surface area contributed by atoms with E-state index in [1.807, 2.05) is 12.1 Å². The van der Waals surface area contributed by atoms with Gasteiger partial charge in [-0.15, -0.1) is 23.7 Å². The fourth-order valence-electron chi connectivity index (χ4n) is 3.20. The lowest BCUT2D eigenvalue weighted by Crippen LogP contribution is -2.38. The van der Waals surface area contributed by atoms with Crippen molar-refractivity contribution in [3.63, 3.8) is 0 Å². The van der Waals surface area contributed by atoms with Crippen LogP contribution in [0.5, 0.6) is 11.5 Å². The fourth-order valence-corrected chi connectivity index (χ4v) is 5.19. The zero-order valence-corrected chi connectivity index (χ0v) is 19.9. The molecular weight excluding hydrogens is 465 g/mol. The van der Waals surface area contributed by atoms with Crippen LogP contribution in [0.15, 0.2) is 24.3 Å². The van der Waals surface area contributed by atoms with Crippen LogP contribution in [0.2, 0.25) is 4.34 Å². The summed E-state index contributed by atoms with van der Waals surface area (Å²) in [6.07, 6.45) is 0. The summed E-state index contributed by atoms with van der Waals surface area (Å²) in [4.78, 5) is 22.7. The van der Waals surface area contributed by atoms with Crippen LogP contribution in [-0.2, 0) is 0 Å². The van der Waals surface area contributed by atoms with Gasteiger partial charge in [0.05, 0.1) is 19.4 Å². The highest BCUT2D eigenvalue weighted by Crippen LogP contribution is 2.39. The maximum atomic E-state index is 13.3. The number of nitrogens with zero attached hydrogens (tertiary/aromatic N) is 3. The molecule has 162 valence electrons. The van der Waals surface area contributed by atoms with Crippen LogP contribution >= 0.6 is 46.7 Å². The van der Waals surface area contributed by atoms with Crippen LogP contribution in [-0.4, -0.2) is 55.2 Å². The van der Waals surface area contributed by atoms with E-state index in [1.54, 1.807) is 17.0 Å². The van der Waals surface area contributed by atoms with Crippen LogP contribution in [0.1, 0.15) is 23.5 Å². The number of likely N-dealkylation sites (N-methyl/N-ethyl adjacent to an activating group) is 1. The number of thiophene rings is 1. The van der Waals surface area contributed by atoms with Crippen LogP contribution in [0, 0.1) is 0 Å². The number of anilines is 1. The minimum absolute atomic E-state index is 0. The third kappa shape index (κ3) is 4.84. The number of fused-ring (bicyclic) bond motifs is 2. The molecule has 0 bridgehead atoms. The molecule has 0 unspecified atom stereocenters. The second kappa shape index (κ2) is 10.2. The standard InChI is InChI=1S/C20H22ClN3O3S2.ClH/c1-3-23(4-2)7-8-24(19(25)16-5-6-18(21)28-16)20-22-13-11-14-15(12-17(13)29-20)27-10-9-26-14;/h5-6,11-12H,3-4,7-10H2,1-2H3;1H. The van der Waals surface area contributed by atoms with Crippen molar-refractivity contribution >= 4 is 67.9 Å². The molecule has 3 heterocycles. The molecule has 3 aromatic rings. The molecule has 0 fully saturated rings. The summed E-state index contributed by atoms with van der Waals surface area (Å²) in [5, 5.41) is 0.670. The number of amides is 1. The Bertz CT molecular complexity index is 977. The number of hydrogen-bond donors (Lipinski definition) is 0. The Morgan fingerprint density at radius 1 is 1.10 bits per heavy atom. The predicted octanol–water partition coefficient (Wildman–Crippen LogP) is 5.19. The Labute approximate surface area is 194 Å². The van der Waals surface area contributed by atoms with Crippen molar-refractivity contribution in [3.05, 3.63) is 33.5 Å². The number of carbonyl (C=O) groups excluding carboxylic acids is 1. The number of rotatable bonds is 7. The minimum Gasteiger partial charge on any atom is -0.486 e. The van der Waals surface area contributed by atoms with E-state index >= 15 is 0 Å². The maximum absolute atomic E-state index is 13.3. The van der Waals surface area contributed by atoms with E-state index in [1.165, 1.54) is 22.7 Å². The van der Waals surface area contributed by atoms with Crippen LogP contribution in [0.4, 0.5) is 5.13 Å². The van der Waals surface area contributed by atoms with Gasteiger partial charge in [0.1, 0.15) is 13.2 Å². The summed E-state index contributed by atoms with van der Waals surface area (Å²) < 4.78 is 12.9. The highest BCUT2D eigenvalue weighted by Gasteiger charge is 2.24. The molecule has 10 heteroatoms. The summed E-state index contributed by atoms with van der Waals surface area (Å²) in [5.74, 6) is 1.35. The minimum atomic E-state index is -0.0784. The van der Waals surface area contributed by atoms with Crippen molar-refractivity contribution in [2.75, 3.05) is 44.3 Å². The van der Waals surface area contributed by atoms with E-state index in [9.17, 15) is 4.79 Å². The first-order valence-electron chi connectivity index (χ1n) is 9.58. The molecule has 0 radical (unpaired) electrons. The average molecular weight is 488 g/mol. The molecule has 0 aliphatic carbocycles. The zero-order chi connectivity index (χ0) is 20.4. The first-order chi connectivity index (χ1) is 14.1. The molecule has 1 aliphatic rings. The van der Waals surface area contributed by atoms with Crippen LogP contribution in [0.3, 0.4) is 0 Å². The molecule has 6 nitrogen and oxygen atoms in total. The molecule has 0 atom stereocenters. The Kier molecular flexibility index (Phi) is 7.81. The number of carbonyl (C=O) groups is 1. The number of benzene rings is 1. The van der Waals surface area contributed by atoms with Crippen molar-refractivity contribution in [3.8, 4) is 11.5 Å². The lowest BCUT2D eigenvalue weighted by molar-refractivity contribution is 0.0987. The van der Waals surface area contributed by atoms with E-state index in [0.29, 0.717) is 39.9 Å². The van der Waals surface area contributed by atoms with E-state index in [-0.39, 0.29) is 18.3 Å². The van der Waals surface area contributed by atoms with Crippen LogP contribution < -0.4 is 14.4 Å². The Balaban J connectivity index is 0.00000256. The van der Waals surface area contributed by atoms with Gasteiger partial charge in [-0.05, 0) is 25.2 Å². The van der Waals surface area contributed by atoms with Crippen molar-refractivity contribution < 1.29 is 14.3 Å².